The Labute approximate surface area is 135 Å². The number of rotatable bonds is 1. The number of Topliss-reactive ketones (excluding diaryl/α,β-unsaturated/α-hetero) is 1. The number of hydrogen-bond donors (Lipinski definition) is 0. The maximum atomic E-state index is 12.9. The minimum absolute atomic E-state index is 0.00981. The lowest BCUT2D eigenvalue weighted by molar-refractivity contribution is -0.130. The molecule has 0 aromatic carbocycles. The highest BCUT2D eigenvalue weighted by atomic mass is 32.2. The molecule has 1 aliphatic carbocycles. The summed E-state index contributed by atoms with van der Waals surface area (Å²) in [5.41, 5.74) is 0.264. The van der Waals surface area contributed by atoms with E-state index in [4.69, 9.17) is 0 Å². The molecule has 6 nitrogen and oxygen atoms in total. The molecule has 0 radical (unpaired) electrons. The summed E-state index contributed by atoms with van der Waals surface area (Å²) in [6.07, 6.45) is 6.21. The molecule has 0 bridgehead atoms. The highest BCUT2D eigenvalue weighted by molar-refractivity contribution is 7.89. The maximum Gasteiger partial charge on any atom is 0.259 e. The first-order valence-corrected chi connectivity index (χ1v) is 9.77. The van der Waals surface area contributed by atoms with Crippen LogP contribution in [0.1, 0.15) is 55.1 Å². The van der Waals surface area contributed by atoms with Gasteiger partial charge in [0.25, 0.3) is 5.91 Å². The monoisotopic (exact) mass is 336 g/mol. The number of sulfonamides is 1. The maximum absolute atomic E-state index is 12.9. The Morgan fingerprint density at radius 2 is 2.00 bits per heavy atom. The minimum Gasteiger partial charge on any atom is -0.333 e. The Kier molecular flexibility index (Phi) is 3.20. The summed E-state index contributed by atoms with van der Waals surface area (Å²) < 4.78 is 27.8. The zero-order valence-electron chi connectivity index (χ0n) is 12.9. The predicted octanol–water partition coefficient (Wildman–Crippen LogP) is 1.74. The average molecular weight is 336 g/mol. The van der Waals surface area contributed by atoms with Crippen LogP contribution >= 0.6 is 0 Å². The van der Waals surface area contributed by atoms with Gasteiger partial charge >= 0.3 is 0 Å². The third-order valence-corrected chi connectivity index (χ3v) is 7.50. The van der Waals surface area contributed by atoms with E-state index in [1.165, 1.54) is 0 Å². The van der Waals surface area contributed by atoms with Crippen LogP contribution in [0.5, 0.6) is 0 Å². The fourth-order valence-electron chi connectivity index (χ4n) is 4.40. The molecule has 124 valence electrons. The molecule has 3 heterocycles. The zero-order valence-corrected chi connectivity index (χ0v) is 13.7. The number of aromatic nitrogens is 1. The molecule has 2 aliphatic heterocycles. The van der Waals surface area contributed by atoms with Crippen molar-refractivity contribution in [2.45, 2.75) is 44.6 Å². The lowest BCUT2D eigenvalue weighted by Crippen LogP contribution is -2.41. The Morgan fingerprint density at radius 1 is 1.26 bits per heavy atom. The van der Waals surface area contributed by atoms with Gasteiger partial charge in [0.2, 0.25) is 10.0 Å². The summed E-state index contributed by atoms with van der Waals surface area (Å²) in [7, 11) is -3.54. The highest BCUT2D eigenvalue weighted by Crippen LogP contribution is 2.45. The van der Waals surface area contributed by atoms with Crippen LogP contribution in [0, 0.1) is 5.41 Å². The smallest absolute Gasteiger partial charge is 0.259 e. The normalized spacial score (nSPS) is 28.3. The molecule has 1 saturated heterocycles. The molecule has 1 atom stereocenters. The van der Waals surface area contributed by atoms with E-state index in [1.54, 1.807) is 22.9 Å². The van der Waals surface area contributed by atoms with Crippen LogP contribution in [0.15, 0.2) is 18.3 Å². The van der Waals surface area contributed by atoms with E-state index < -0.39 is 16.1 Å². The topological polar surface area (TPSA) is 76.5 Å². The van der Waals surface area contributed by atoms with Crippen LogP contribution in [0.4, 0.5) is 0 Å². The Balaban J connectivity index is 1.65. The van der Waals surface area contributed by atoms with Crippen molar-refractivity contribution in [1.82, 2.24) is 8.87 Å². The molecule has 1 unspecified atom stereocenters. The van der Waals surface area contributed by atoms with E-state index in [0.717, 1.165) is 30.0 Å². The average Bonchev–Trinajstić information content (AvgIpc) is 3.19. The van der Waals surface area contributed by atoms with Crippen molar-refractivity contribution in [3.05, 3.63) is 24.0 Å². The van der Waals surface area contributed by atoms with E-state index in [-0.39, 0.29) is 22.9 Å². The van der Waals surface area contributed by atoms with Gasteiger partial charge in [-0.1, -0.05) is 12.8 Å². The molecule has 1 spiro atoms. The SMILES string of the molecule is O=C1CCC(C(=O)N2CC3(CCCC3)CS2(=O)=O)n2cccc21. The molecule has 1 aromatic heterocycles. The van der Waals surface area contributed by atoms with Crippen LogP contribution in [-0.4, -0.2) is 41.3 Å². The quantitative estimate of drug-likeness (QED) is 0.783. The van der Waals surface area contributed by atoms with Gasteiger partial charge < -0.3 is 4.57 Å². The standard InChI is InChI=1S/C16H20N2O4S/c19-14-6-5-13(17-9-3-4-12(14)17)15(20)18-10-16(7-1-2-8-16)11-23(18,21)22/h3-4,9,13H,1-2,5-8,10-11H2. The van der Waals surface area contributed by atoms with Crippen molar-refractivity contribution in [2.24, 2.45) is 5.41 Å². The van der Waals surface area contributed by atoms with E-state index in [1.807, 2.05) is 0 Å². The Hall–Kier alpha value is -1.63. The van der Waals surface area contributed by atoms with Gasteiger partial charge in [-0.25, -0.2) is 12.7 Å². The number of carbonyl (C=O) groups excluding carboxylic acids is 2. The lowest BCUT2D eigenvalue weighted by Gasteiger charge is -2.28. The number of amides is 1. The van der Waals surface area contributed by atoms with Crippen molar-refractivity contribution in [2.75, 3.05) is 12.3 Å². The molecular formula is C16H20N2O4S. The second-order valence-electron chi connectivity index (χ2n) is 7.09. The van der Waals surface area contributed by atoms with Crippen LogP contribution < -0.4 is 0 Å². The zero-order chi connectivity index (χ0) is 16.2. The predicted molar refractivity (Wildman–Crippen MR) is 83.4 cm³/mol. The molecule has 3 aliphatic rings. The van der Waals surface area contributed by atoms with Gasteiger partial charge in [0, 0.05) is 24.6 Å². The van der Waals surface area contributed by atoms with E-state index in [0.29, 0.717) is 25.1 Å². The van der Waals surface area contributed by atoms with Crippen molar-refractivity contribution < 1.29 is 18.0 Å². The summed E-state index contributed by atoms with van der Waals surface area (Å²) in [5, 5.41) is 0. The summed E-state index contributed by atoms with van der Waals surface area (Å²) in [6, 6.07) is 2.85. The number of nitrogens with zero attached hydrogens (tertiary/aromatic N) is 2. The lowest BCUT2D eigenvalue weighted by atomic mass is 9.88. The van der Waals surface area contributed by atoms with Crippen LogP contribution in [0.3, 0.4) is 0 Å². The number of ketones is 1. The van der Waals surface area contributed by atoms with Crippen LogP contribution in [0.25, 0.3) is 0 Å². The molecule has 23 heavy (non-hydrogen) atoms. The first kappa shape index (κ1) is 14.9. The first-order valence-electron chi connectivity index (χ1n) is 8.16. The van der Waals surface area contributed by atoms with Crippen LogP contribution in [-0.2, 0) is 14.8 Å². The molecule has 1 saturated carbocycles. The van der Waals surface area contributed by atoms with E-state index >= 15 is 0 Å². The third-order valence-electron chi connectivity index (χ3n) is 5.54. The summed E-state index contributed by atoms with van der Waals surface area (Å²) in [5.74, 6) is -0.273. The second-order valence-corrected chi connectivity index (χ2v) is 8.98. The second kappa shape index (κ2) is 4.93. The van der Waals surface area contributed by atoms with Gasteiger partial charge in [0.15, 0.2) is 5.78 Å². The molecule has 1 aromatic rings. The molecular weight excluding hydrogens is 316 g/mol. The number of carbonyl (C=O) groups is 2. The van der Waals surface area contributed by atoms with Crippen molar-refractivity contribution in [1.29, 1.82) is 0 Å². The third kappa shape index (κ3) is 2.24. The van der Waals surface area contributed by atoms with Gasteiger partial charge in [-0.05, 0) is 31.4 Å². The molecule has 0 N–H and O–H groups in total. The summed E-state index contributed by atoms with van der Waals surface area (Å²) >= 11 is 0. The Morgan fingerprint density at radius 3 is 2.74 bits per heavy atom. The fraction of sp³-hybridized carbons (Fsp3) is 0.625. The minimum atomic E-state index is -3.54. The fourth-order valence-corrected chi connectivity index (χ4v) is 6.58. The van der Waals surface area contributed by atoms with E-state index in [9.17, 15) is 18.0 Å². The largest absolute Gasteiger partial charge is 0.333 e. The Bertz CT molecular complexity index is 774. The van der Waals surface area contributed by atoms with Gasteiger partial charge in [-0.15, -0.1) is 0 Å². The summed E-state index contributed by atoms with van der Waals surface area (Å²) in [4.78, 5) is 24.8. The van der Waals surface area contributed by atoms with Gasteiger partial charge in [-0.3, -0.25) is 9.59 Å². The van der Waals surface area contributed by atoms with Crippen molar-refractivity contribution >= 4 is 21.7 Å². The van der Waals surface area contributed by atoms with Crippen molar-refractivity contribution in [3.8, 4) is 0 Å². The van der Waals surface area contributed by atoms with Gasteiger partial charge in [-0.2, -0.15) is 0 Å². The van der Waals surface area contributed by atoms with Crippen LogP contribution in [0.2, 0.25) is 0 Å². The van der Waals surface area contributed by atoms with E-state index in [2.05, 4.69) is 0 Å². The number of fused-ring (bicyclic) bond motifs is 1. The van der Waals surface area contributed by atoms with Gasteiger partial charge in [0.1, 0.15) is 6.04 Å². The molecule has 1 amide bonds. The molecule has 4 rings (SSSR count). The van der Waals surface area contributed by atoms with Gasteiger partial charge in [0.05, 0.1) is 11.4 Å². The number of hydrogen-bond acceptors (Lipinski definition) is 4. The first-order chi connectivity index (χ1) is 10.9. The molecule has 2 fully saturated rings. The molecule has 7 heteroatoms. The van der Waals surface area contributed by atoms with Crippen molar-refractivity contribution in [3.63, 3.8) is 0 Å². The summed E-state index contributed by atoms with van der Waals surface area (Å²) in [6.45, 7) is 0.315. The highest BCUT2D eigenvalue weighted by Gasteiger charge is 2.52.